The Morgan fingerprint density at radius 2 is 1.87 bits per heavy atom. The van der Waals surface area contributed by atoms with Crippen molar-refractivity contribution >= 4 is 5.78 Å². The van der Waals surface area contributed by atoms with Crippen molar-refractivity contribution in [1.29, 1.82) is 0 Å². The molecule has 1 atom stereocenters. The lowest BCUT2D eigenvalue weighted by Crippen LogP contribution is -2.36. The van der Waals surface area contributed by atoms with E-state index >= 15 is 0 Å². The molecule has 0 aliphatic carbocycles. The normalized spacial score (nSPS) is 12.9. The number of rotatable bonds is 4. The topological polar surface area (TPSA) is 43.1 Å². The summed E-state index contributed by atoms with van der Waals surface area (Å²) in [6.07, 6.45) is 0.277. The maximum absolute atomic E-state index is 12.6. The quantitative estimate of drug-likeness (QED) is 0.823. The van der Waals surface area contributed by atoms with Gasteiger partial charge in [0.15, 0.2) is 5.78 Å². The molecule has 0 bridgehead atoms. The third-order valence-corrected chi connectivity index (χ3v) is 2.38. The Morgan fingerprint density at radius 1 is 1.33 bits per heavy atom. The molecule has 1 rings (SSSR count). The van der Waals surface area contributed by atoms with E-state index in [4.69, 9.17) is 5.73 Å². The highest BCUT2D eigenvalue weighted by molar-refractivity contribution is 5.86. The van der Waals surface area contributed by atoms with E-state index in [2.05, 4.69) is 0 Å². The van der Waals surface area contributed by atoms with Crippen molar-refractivity contribution < 1.29 is 9.18 Å². The van der Waals surface area contributed by atoms with Gasteiger partial charge in [0.1, 0.15) is 5.82 Å². The maximum Gasteiger partial charge on any atom is 0.154 e. The van der Waals surface area contributed by atoms with Gasteiger partial charge in [-0.05, 0) is 23.6 Å². The van der Waals surface area contributed by atoms with Crippen LogP contribution < -0.4 is 5.73 Å². The van der Waals surface area contributed by atoms with Crippen molar-refractivity contribution in [2.24, 2.45) is 11.7 Å². The molecule has 0 fully saturated rings. The maximum atomic E-state index is 12.6. The van der Waals surface area contributed by atoms with Gasteiger partial charge < -0.3 is 5.73 Å². The summed E-state index contributed by atoms with van der Waals surface area (Å²) in [4.78, 5) is 11.6. The molecule has 0 radical (unpaired) electrons. The highest BCUT2D eigenvalue weighted by Crippen LogP contribution is 2.07. The predicted molar refractivity (Wildman–Crippen MR) is 57.9 cm³/mol. The molecule has 0 saturated heterocycles. The fourth-order valence-electron chi connectivity index (χ4n) is 1.29. The molecule has 0 saturated carbocycles. The summed E-state index contributed by atoms with van der Waals surface area (Å²) < 4.78 is 12.6. The second kappa shape index (κ2) is 5.03. The van der Waals surface area contributed by atoms with Crippen molar-refractivity contribution in [3.63, 3.8) is 0 Å². The zero-order valence-electron chi connectivity index (χ0n) is 9.03. The van der Waals surface area contributed by atoms with E-state index in [1.165, 1.54) is 12.1 Å². The second-order valence-corrected chi connectivity index (χ2v) is 4.04. The molecular formula is C12H16FNO. The molecular weight excluding hydrogens is 193 g/mol. The number of carbonyl (C=O) groups excluding carboxylic acids is 1. The van der Waals surface area contributed by atoms with Crippen LogP contribution in [0.1, 0.15) is 19.4 Å². The van der Waals surface area contributed by atoms with E-state index in [-0.39, 0.29) is 23.9 Å². The summed E-state index contributed by atoms with van der Waals surface area (Å²) in [6.45, 7) is 3.82. The molecule has 2 nitrogen and oxygen atoms in total. The minimum Gasteiger partial charge on any atom is -0.321 e. The molecule has 3 heteroatoms. The van der Waals surface area contributed by atoms with E-state index in [0.717, 1.165) is 5.56 Å². The van der Waals surface area contributed by atoms with Gasteiger partial charge in [0.05, 0.1) is 6.04 Å². The van der Waals surface area contributed by atoms with Crippen molar-refractivity contribution in [1.82, 2.24) is 0 Å². The average Bonchev–Trinajstić information content (AvgIpc) is 2.20. The van der Waals surface area contributed by atoms with Crippen LogP contribution in [0.25, 0.3) is 0 Å². The van der Waals surface area contributed by atoms with Gasteiger partial charge in [-0.1, -0.05) is 26.0 Å². The summed E-state index contributed by atoms with van der Waals surface area (Å²) in [5.41, 5.74) is 6.52. The Kier molecular flexibility index (Phi) is 3.97. The third kappa shape index (κ3) is 3.44. The molecule has 0 aromatic heterocycles. The van der Waals surface area contributed by atoms with Crippen LogP contribution >= 0.6 is 0 Å². The molecule has 0 aliphatic rings. The highest BCUT2D eigenvalue weighted by atomic mass is 19.1. The Labute approximate surface area is 89.3 Å². The van der Waals surface area contributed by atoms with Crippen molar-refractivity contribution in [2.45, 2.75) is 26.3 Å². The number of carbonyl (C=O) groups is 1. The number of Topliss-reactive ketones (excluding diaryl/α,β-unsaturated/α-hetero) is 1. The van der Waals surface area contributed by atoms with Gasteiger partial charge in [0, 0.05) is 6.42 Å². The lowest BCUT2D eigenvalue weighted by atomic mass is 9.96. The fraction of sp³-hybridized carbons (Fsp3) is 0.417. The lowest BCUT2D eigenvalue weighted by molar-refractivity contribution is -0.120. The Balaban J connectivity index is 2.62. The Bertz CT molecular complexity index is 332. The number of hydrogen-bond acceptors (Lipinski definition) is 2. The number of ketones is 1. The van der Waals surface area contributed by atoms with Crippen molar-refractivity contribution in [3.8, 4) is 0 Å². The fourth-order valence-corrected chi connectivity index (χ4v) is 1.29. The number of benzene rings is 1. The van der Waals surface area contributed by atoms with Gasteiger partial charge in [0.25, 0.3) is 0 Å². The second-order valence-electron chi connectivity index (χ2n) is 4.04. The zero-order chi connectivity index (χ0) is 11.4. The molecule has 0 aliphatic heterocycles. The minimum atomic E-state index is -0.435. The number of nitrogens with two attached hydrogens (primary N) is 1. The first kappa shape index (κ1) is 11.9. The van der Waals surface area contributed by atoms with Crippen LogP contribution in [0.15, 0.2) is 24.3 Å². The summed E-state index contributed by atoms with van der Waals surface area (Å²) in [6, 6.07) is 5.49. The van der Waals surface area contributed by atoms with Crippen LogP contribution in [0, 0.1) is 11.7 Å². The molecule has 0 spiro atoms. The largest absolute Gasteiger partial charge is 0.321 e. The van der Waals surface area contributed by atoms with E-state index < -0.39 is 6.04 Å². The standard InChI is InChI=1S/C12H16FNO/c1-8(2)12(14)11(15)7-9-3-5-10(13)6-4-9/h3-6,8,12H,7,14H2,1-2H3. The van der Waals surface area contributed by atoms with Gasteiger partial charge in [-0.3, -0.25) is 4.79 Å². The predicted octanol–water partition coefficient (Wildman–Crippen LogP) is 1.92. The molecule has 15 heavy (non-hydrogen) atoms. The van der Waals surface area contributed by atoms with E-state index in [1.807, 2.05) is 13.8 Å². The Morgan fingerprint density at radius 3 is 2.33 bits per heavy atom. The molecule has 1 unspecified atom stereocenters. The van der Waals surface area contributed by atoms with Gasteiger partial charge in [-0.25, -0.2) is 4.39 Å². The molecule has 1 aromatic rings. The van der Waals surface area contributed by atoms with Gasteiger partial charge in [0.2, 0.25) is 0 Å². The summed E-state index contributed by atoms with van der Waals surface area (Å²) >= 11 is 0. The van der Waals surface area contributed by atoms with E-state index in [9.17, 15) is 9.18 Å². The average molecular weight is 209 g/mol. The SMILES string of the molecule is CC(C)C(N)C(=O)Cc1ccc(F)cc1. The number of halogens is 1. The molecule has 0 amide bonds. The zero-order valence-corrected chi connectivity index (χ0v) is 9.03. The van der Waals surface area contributed by atoms with Crippen LogP contribution in [-0.2, 0) is 11.2 Å². The van der Waals surface area contributed by atoms with Crippen molar-refractivity contribution in [2.75, 3.05) is 0 Å². The molecule has 0 heterocycles. The first-order valence-electron chi connectivity index (χ1n) is 5.03. The molecule has 82 valence electrons. The van der Waals surface area contributed by atoms with Crippen LogP contribution in [-0.4, -0.2) is 11.8 Å². The van der Waals surface area contributed by atoms with Crippen molar-refractivity contribution in [3.05, 3.63) is 35.6 Å². The van der Waals surface area contributed by atoms with Crippen LogP contribution in [0.4, 0.5) is 4.39 Å². The summed E-state index contributed by atoms with van der Waals surface area (Å²) in [5.74, 6) is -0.158. The first-order valence-corrected chi connectivity index (χ1v) is 5.03. The highest BCUT2D eigenvalue weighted by Gasteiger charge is 2.17. The summed E-state index contributed by atoms with van der Waals surface area (Å²) in [5, 5.41) is 0. The summed E-state index contributed by atoms with van der Waals surface area (Å²) in [7, 11) is 0. The third-order valence-electron chi connectivity index (χ3n) is 2.38. The van der Waals surface area contributed by atoms with E-state index in [1.54, 1.807) is 12.1 Å². The smallest absolute Gasteiger partial charge is 0.154 e. The van der Waals surface area contributed by atoms with Crippen LogP contribution in [0.3, 0.4) is 0 Å². The molecule has 2 N–H and O–H groups in total. The number of hydrogen-bond donors (Lipinski definition) is 1. The Hall–Kier alpha value is -1.22. The van der Waals surface area contributed by atoms with Gasteiger partial charge >= 0.3 is 0 Å². The lowest BCUT2D eigenvalue weighted by Gasteiger charge is -2.13. The monoisotopic (exact) mass is 209 g/mol. The van der Waals surface area contributed by atoms with Gasteiger partial charge in [-0.2, -0.15) is 0 Å². The van der Waals surface area contributed by atoms with Crippen LogP contribution in [0.2, 0.25) is 0 Å². The van der Waals surface area contributed by atoms with Crippen LogP contribution in [0.5, 0.6) is 0 Å². The first-order chi connectivity index (χ1) is 7.00. The van der Waals surface area contributed by atoms with E-state index in [0.29, 0.717) is 0 Å². The minimum absolute atomic E-state index is 0.00314. The molecule has 1 aromatic carbocycles. The van der Waals surface area contributed by atoms with Gasteiger partial charge in [-0.15, -0.1) is 0 Å².